The molecule has 1 saturated carbocycles. The number of hydrogen-bond acceptors (Lipinski definition) is 2. The van der Waals surface area contributed by atoms with E-state index in [1.807, 2.05) is 0 Å². The molecule has 1 aliphatic carbocycles. The molecule has 2 rings (SSSR count). The Labute approximate surface area is 101 Å². The molecule has 1 heterocycles. The molecule has 0 N–H and O–H groups in total. The molecular weight excluding hydrogens is 274 g/mol. The monoisotopic (exact) mass is 285 g/mol. The smallest absolute Gasteiger partial charge is 0.0831 e. The van der Waals surface area contributed by atoms with Crippen molar-refractivity contribution in [3.63, 3.8) is 0 Å². The van der Waals surface area contributed by atoms with Crippen molar-refractivity contribution in [1.29, 1.82) is 0 Å². The molecule has 0 amide bonds. The first-order valence-electron chi connectivity index (χ1n) is 5.08. The standard InChI is InChI=1S/C10H12BrN3S/c11-8-6-9(15-7-8)10(13-14-12)4-2-1-3-5-10/h6-7H,1-5H2. The van der Waals surface area contributed by atoms with E-state index in [2.05, 4.69) is 37.4 Å². The third kappa shape index (κ3) is 2.19. The van der Waals surface area contributed by atoms with Gasteiger partial charge in [0.15, 0.2) is 0 Å². The maximum Gasteiger partial charge on any atom is 0.0831 e. The van der Waals surface area contributed by atoms with Gasteiger partial charge in [-0.15, -0.1) is 11.3 Å². The summed E-state index contributed by atoms with van der Waals surface area (Å²) >= 11 is 5.13. The molecule has 0 aliphatic heterocycles. The lowest BCUT2D eigenvalue weighted by Crippen LogP contribution is -2.24. The van der Waals surface area contributed by atoms with Crippen molar-refractivity contribution in [3.05, 3.63) is 31.2 Å². The van der Waals surface area contributed by atoms with Crippen molar-refractivity contribution in [2.24, 2.45) is 5.11 Å². The first-order valence-corrected chi connectivity index (χ1v) is 6.75. The van der Waals surface area contributed by atoms with E-state index < -0.39 is 0 Å². The average Bonchev–Trinajstić information content (AvgIpc) is 2.67. The summed E-state index contributed by atoms with van der Waals surface area (Å²) in [6.45, 7) is 0. The van der Waals surface area contributed by atoms with E-state index in [0.717, 1.165) is 30.2 Å². The minimum absolute atomic E-state index is 0.260. The van der Waals surface area contributed by atoms with Crippen molar-refractivity contribution in [3.8, 4) is 0 Å². The Bertz CT molecular complexity index is 389. The molecule has 1 aromatic rings. The highest BCUT2D eigenvalue weighted by atomic mass is 79.9. The predicted octanol–water partition coefficient (Wildman–Crippen LogP) is 4.98. The van der Waals surface area contributed by atoms with Crippen LogP contribution in [0.3, 0.4) is 0 Å². The maximum absolute atomic E-state index is 8.70. The largest absolute Gasteiger partial charge is 0.147 e. The summed E-state index contributed by atoms with van der Waals surface area (Å²) in [7, 11) is 0. The highest BCUT2D eigenvalue weighted by molar-refractivity contribution is 9.10. The molecule has 0 unspecified atom stereocenters. The first kappa shape index (κ1) is 11.0. The minimum Gasteiger partial charge on any atom is -0.147 e. The Morgan fingerprint density at radius 3 is 2.67 bits per heavy atom. The maximum atomic E-state index is 8.70. The first-order chi connectivity index (χ1) is 7.27. The SMILES string of the molecule is [N-]=[N+]=NC1(c2cc(Br)cs2)CCCCC1. The molecule has 5 heteroatoms. The van der Waals surface area contributed by atoms with E-state index in [1.54, 1.807) is 11.3 Å². The van der Waals surface area contributed by atoms with E-state index in [9.17, 15) is 0 Å². The highest BCUT2D eigenvalue weighted by Crippen LogP contribution is 2.44. The molecule has 0 spiro atoms. The zero-order chi connectivity index (χ0) is 10.7. The Kier molecular flexibility index (Phi) is 3.34. The van der Waals surface area contributed by atoms with Gasteiger partial charge in [0.1, 0.15) is 0 Å². The molecule has 0 aromatic carbocycles. The van der Waals surface area contributed by atoms with Crippen LogP contribution in [0.1, 0.15) is 37.0 Å². The molecule has 1 aromatic heterocycles. The lowest BCUT2D eigenvalue weighted by atomic mass is 9.81. The zero-order valence-electron chi connectivity index (χ0n) is 8.32. The molecule has 1 aliphatic rings. The van der Waals surface area contributed by atoms with Gasteiger partial charge in [-0.1, -0.05) is 24.4 Å². The Hall–Kier alpha value is -0.510. The molecule has 15 heavy (non-hydrogen) atoms. The van der Waals surface area contributed by atoms with Crippen molar-refractivity contribution in [1.82, 2.24) is 0 Å². The third-order valence-electron chi connectivity index (χ3n) is 2.94. The van der Waals surface area contributed by atoms with Crippen LogP contribution in [-0.2, 0) is 5.54 Å². The van der Waals surface area contributed by atoms with E-state index in [-0.39, 0.29) is 5.54 Å². The number of azide groups is 1. The van der Waals surface area contributed by atoms with Gasteiger partial charge < -0.3 is 0 Å². The quantitative estimate of drug-likeness (QED) is 0.418. The van der Waals surface area contributed by atoms with Crippen molar-refractivity contribution < 1.29 is 0 Å². The summed E-state index contributed by atoms with van der Waals surface area (Å²) < 4.78 is 1.08. The molecule has 0 radical (unpaired) electrons. The molecular formula is C10H12BrN3S. The van der Waals surface area contributed by atoms with Gasteiger partial charge >= 0.3 is 0 Å². The van der Waals surface area contributed by atoms with Gasteiger partial charge in [0.25, 0.3) is 0 Å². The fraction of sp³-hybridized carbons (Fsp3) is 0.600. The molecule has 1 fully saturated rings. The van der Waals surface area contributed by atoms with E-state index in [0.29, 0.717) is 0 Å². The summed E-state index contributed by atoms with van der Waals surface area (Å²) in [6.07, 6.45) is 5.56. The normalized spacial score (nSPS) is 19.5. The fourth-order valence-corrected chi connectivity index (χ4v) is 3.80. The number of thiophene rings is 1. The second kappa shape index (κ2) is 4.56. The third-order valence-corrected chi connectivity index (χ3v) is 4.83. The van der Waals surface area contributed by atoms with Crippen LogP contribution in [0.2, 0.25) is 0 Å². The fourth-order valence-electron chi connectivity index (χ4n) is 2.18. The molecule has 0 atom stereocenters. The lowest BCUT2D eigenvalue weighted by Gasteiger charge is -2.31. The van der Waals surface area contributed by atoms with Gasteiger partial charge in [-0.25, -0.2) is 0 Å². The van der Waals surface area contributed by atoms with Gasteiger partial charge in [-0.05, 0) is 40.4 Å². The van der Waals surface area contributed by atoms with Crippen LogP contribution in [-0.4, -0.2) is 0 Å². The Morgan fingerprint density at radius 1 is 1.40 bits per heavy atom. The van der Waals surface area contributed by atoms with Gasteiger partial charge in [0, 0.05) is 19.6 Å². The van der Waals surface area contributed by atoms with Crippen LogP contribution >= 0.6 is 27.3 Å². The highest BCUT2D eigenvalue weighted by Gasteiger charge is 2.34. The van der Waals surface area contributed by atoms with Crippen LogP contribution in [0.25, 0.3) is 10.4 Å². The number of nitrogens with zero attached hydrogens (tertiary/aromatic N) is 3. The second-order valence-electron chi connectivity index (χ2n) is 3.91. The molecule has 0 bridgehead atoms. The van der Waals surface area contributed by atoms with E-state index in [1.165, 1.54) is 11.3 Å². The zero-order valence-corrected chi connectivity index (χ0v) is 10.7. The van der Waals surface area contributed by atoms with Crippen LogP contribution in [0.5, 0.6) is 0 Å². The van der Waals surface area contributed by atoms with Crippen LogP contribution in [0, 0.1) is 0 Å². The number of halogens is 1. The van der Waals surface area contributed by atoms with E-state index >= 15 is 0 Å². The van der Waals surface area contributed by atoms with Gasteiger partial charge in [-0.2, -0.15) is 0 Å². The van der Waals surface area contributed by atoms with Crippen LogP contribution in [0.4, 0.5) is 0 Å². The summed E-state index contributed by atoms with van der Waals surface area (Å²) in [5.74, 6) is 0. The summed E-state index contributed by atoms with van der Waals surface area (Å²) in [5, 5.41) is 6.12. The average molecular weight is 286 g/mol. The summed E-state index contributed by atoms with van der Waals surface area (Å²) in [4.78, 5) is 4.23. The van der Waals surface area contributed by atoms with Crippen molar-refractivity contribution >= 4 is 27.3 Å². The van der Waals surface area contributed by atoms with E-state index in [4.69, 9.17) is 5.53 Å². The lowest BCUT2D eigenvalue weighted by molar-refractivity contribution is 0.307. The van der Waals surface area contributed by atoms with Crippen molar-refractivity contribution in [2.75, 3.05) is 0 Å². The van der Waals surface area contributed by atoms with Gasteiger partial charge in [0.05, 0.1) is 5.54 Å². The number of rotatable bonds is 2. The number of hydrogen-bond donors (Lipinski definition) is 0. The summed E-state index contributed by atoms with van der Waals surface area (Å²) in [5.41, 5.74) is 8.44. The van der Waals surface area contributed by atoms with Crippen molar-refractivity contribution in [2.45, 2.75) is 37.6 Å². The minimum atomic E-state index is -0.260. The molecule has 80 valence electrons. The topological polar surface area (TPSA) is 48.8 Å². The molecule has 0 saturated heterocycles. The second-order valence-corrected chi connectivity index (χ2v) is 5.74. The predicted molar refractivity (Wildman–Crippen MR) is 65.9 cm³/mol. The Balaban J connectivity index is 2.37. The van der Waals surface area contributed by atoms with Gasteiger partial charge in [0.2, 0.25) is 0 Å². The van der Waals surface area contributed by atoms with Crippen LogP contribution in [0.15, 0.2) is 21.0 Å². The molecule has 3 nitrogen and oxygen atoms in total. The Morgan fingerprint density at radius 2 is 2.13 bits per heavy atom. The van der Waals surface area contributed by atoms with Crippen LogP contribution < -0.4 is 0 Å². The van der Waals surface area contributed by atoms with Gasteiger partial charge in [-0.3, -0.25) is 0 Å². The summed E-state index contributed by atoms with van der Waals surface area (Å²) in [6, 6.07) is 2.09.